The molecule has 0 amide bonds. The van der Waals surface area contributed by atoms with Crippen LogP contribution in [0.1, 0.15) is 31.4 Å². The Hall–Kier alpha value is -1.06. The first kappa shape index (κ1) is 13.9. The van der Waals surface area contributed by atoms with E-state index in [1.54, 1.807) is 0 Å². The van der Waals surface area contributed by atoms with E-state index >= 15 is 0 Å². The van der Waals surface area contributed by atoms with E-state index in [2.05, 4.69) is 59.4 Å². The Bertz CT molecular complexity index is 558. The van der Waals surface area contributed by atoms with Gasteiger partial charge in [-0.2, -0.15) is 11.8 Å². The highest BCUT2D eigenvalue weighted by Gasteiger charge is 2.27. The van der Waals surface area contributed by atoms with E-state index in [9.17, 15) is 0 Å². The average Bonchev–Trinajstić information content (AvgIpc) is 3.02. The van der Waals surface area contributed by atoms with Gasteiger partial charge in [-0.1, -0.05) is 31.2 Å². The number of nitrogens with zero attached hydrogens (tertiary/aromatic N) is 1. The molecule has 2 nitrogen and oxygen atoms in total. The molecular formula is C17H22N2S. The first-order valence-corrected chi connectivity index (χ1v) is 8.69. The van der Waals surface area contributed by atoms with Gasteiger partial charge in [-0.05, 0) is 47.8 Å². The molecule has 1 aliphatic rings. The molecule has 1 saturated heterocycles. The quantitative estimate of drug-likeness (QED) is 0.898. The van der Waals surface area contributed by atoms with Gasteiger partial charge in [-0.25, -0.2) is 0 Å². The van der Waals surface area contributed by atoms with Crippen LogP contribution in [-0.2, 0) is 0 Å². The van der Waals surface area contributed by atoms with Gasteiger partial charge in [0.15, 0.2) is 0 Å². The Labute approximate surface area is 125 Å². The van der Waals surface area contributed by atoms with Crippen LogP contribution < -0.4 is 5.32 Å². The van der Waals surface area contributed by atoms with Crippen molar-refractivity contribution in [1.29, 1.82) is 0 Å². The van der Waals surface area contributed by atoms with Crippen LogP contribution in [0, 0.1) is 5.92 Å². The molecule has 2 aromatic rings. The van der Waals surface area contributed by atoms with Crippen LogP contribution in [0.5, 0.6) is 0 Å². The molecule has 0 spiro atoms. The number of pyridine rings is 1. The second-order valence-corrected chi connectivity index (χ2v) is 6.66. The van der Waals surface area contributed by atoms with Crippen molar-refractivity contribution in [3.05, 3.63) is 42.2 Å². The lowest BCUT2D eigenvalue weighted by Crippen LogP contribution is -2.29. The summed E-state index contributed by atoms with van der Waals surface area (Å²) in [6.07, 6.45) is 6.53. The van der Waals surface area contributed by atoms with E-state index in [1.165, 1.54) is 40.7 Å². The molecule has 106 valence electrons. The highest BCUT2D eigenvalue weighted by molar-refractivity contribution is 7.99. The van der Waals surface area contributed by atoms with E-state index in [0.29, 0.717) is 6.04 Å². The minimum atomic E-state index is 0.448. The smallest absolute Gasteiger partial charge is 0.0378 e. The largest absolute Gasteiger partial charge is 0.310 e. The first-order chi connectivity index (χ1) is 9.90. The zero-order valence-corrected chi connectivity index (χ0v) is 12.8. The predicted molar refractivity (Wildman–Crippen MR) is 88.2 cm³/mol. The van der Waals surface area contributed by atoms with Crippen molar-refractivity contribution >= 4 is 22.5 Å². The van der Waals surface area contributed by atoms with Crippen LogP contribution in [-0.4, -0.2) is 23.0 Å². The summed E-state index contributed by atoms with van der Waals surface area (Å²) in [6, 6.07) is 9.06. The van der Waals surface area contributed by atoms with E-state index in [1.807, 2.05) is 6.20 Å². The third-order valence-electron chi connectivity index (χ3n) is 4.08. The van der Waals surface area contributed by atoms with E-state index in [0.717, 1.165) is 12.5 Å². The maximum absolute atomic E-state index is 4.47. The van der Waals surface area contributed by atoms with Crippen LogP contribution in [0.4, 0.5) is 0 Å². The number of nitrogens with one attached hydrogen (secondary N) is 1. The van der Waals surface area contributed by atoms with E-state index < -0.39 is 0 Å². The lowest BCUT2D eigenvalue weighted by atomic mass is 9.90. The zero-order valence-electron chi connectivity index (χ0n) is 12.0. The Morgan fingerprint density at radius 1 is 1.35 bits per heavy atom. The maximum Gasteiger partial charge on any atom is 0.0378 e. The van der Waals surface area contributed by atoms with Crippen molar-refractivity contribution in [3.63, 3.8) is 0 Å². The van der Waals surface area contributed by atoms with Gasteiger partial charge in [0.2, 0.25) is 0 Å². The van der Waals surface area contributed by atoms with Crippen LogP contribution >= 0.6 is 11.8 Å². The molecule has 1 fully saturated rings. The van der Waals surface area contributed by atoms with Crippen LogP contribution in [0.15, 0.2) is 36.7 Å². The van der Waals surface area contributed by atoms with Gasteiger partial charge in [0, 0.05) is 23.8 Å². The zero-order chi connectivity index (χ0) is 13.8. The molecule has 0 radical (unpaired) electrons. The number of fused-ring (bicyclic) bond motifs is 1. The van der Waals surface area contributed by atoms with Gasteiger partial charge in [0.25, 0.3) is 0 Å². The fraction of sp³-hybridized carbons (Fsp3) is 0.471. The van der Waals surface area contributed by atoms with E-state index in [4.69, 9.17) is 0 Å². The van der Waals surface area contributed by atoms with Crippen molar-refractivity contribution in [2.24, 2.45) is 5.92 Å². The molecule has 2 unspecified atom stereocenters. The van der Waals surface area contributed by atoms with Gasteiger partial charge >= 0.3 is 0 Å². The maximum atomic E-state index is 4.47. The van der Waals surface area contributed by atoms with Crippen molar-refractivity contribution in [1.82, 2.24) is 10.3 Å². The molecule has 1 aliphatic heterocycles. The number of benzene rings is 1. The molecular weight excluding hydrogens is 264 g/mol. The minimum Gasteiger partial charge on any atom is -0.310 e. The van der Waals surface area contributed by atoms with Gasteiger partial charge in [-0.15, -0.1) is 0 Å². The summed E-state index contributed by atoms with van der Waals surface area (Å²) in [7, 11) is 0. The number of hydrogen-bond acceptors (Lipinski definition) is 3. The highest BCUT2D eigenvalue weighted by atomic mass is 32.2. The van der Waals surface area contributed by atoms with Gasteiger partial charge in [-0.3, -0.25) is 4.98 Å². The summed E-state index contributed by atoms with van der Waals surface area (Å²) in [5, 5.41) is 6.37. The summed E-state index contributed by atoms with van der Waals surface area (Å²) in [5.41, 5.74) is 1.38. The topological polar surface area (TPSA) is 24.9 Å². The summed E-state index contributed by atoms with van der Waals surface area (Å²) in [6.45, 7) is 3.31. The molecule has 3 heteroatoms. The second-order valence-electron chi connectivity index (χ2n) is 5.51. The van der Waals surface area contributed by atoms with Crippen molar-refractivity contribution in [2.75, 3.05) is 18.1 Å². The molecule has 0 bridgehead atoms. The molecule has 2 heterocycles. The third kappa shape index (κ3) is 2.84. The Morgan fingerprint density at radius 3 is 3.05 bits per heavy atom. The number of aromatic nitrogens is 1. The number of hydrogen-bond donors (Lipinski definition) is 1. The Morgan fingerprint density at radius 2 is 2.25 bits per heavy atom. The minimum absolute atomic E-state index is 0.448. The lowest BCUT2D eigenvalue weighted by Gasteiger charge is -2.25. The van der Waals surface area contributed by atoms with Crippen LogP contribution in [0.2, 0.25) is 0 Å². The summed E-state index contributed by atoms with van der Waals surface area (Å²) in [5.74, 6) is 3.30. The van der Waals surface area contributed by atoms with Gasteiger partial charge in [0.05, 0.1) is 0 Å². The molecule has 2 atom stereocenters. The number of rotatable bonds is 5. The molecule has 1 aromatic carbocycles. The summed E-state index contributed by atoms with van der Waals surface area (Å²) in [4.78, 5) is 4.47. The van der Waals surface area contributed by atoms with Gasteiger partial charge in [0.1, 0.15) is 0 Å². The monoisotopic (exact) mass is 286 g/mol. The lowest BCUT2D eigenvalue weighted by molar-refractivity contribution is 0.395. The SMILES string of the molecule is CCCNC(c1cncc2ccccc12)C1CCSC1. The van der Waals surface area contributed by atoms with Crippen molar-refractivity contribution in [2.45, 2.75) is 25.8 Å². The Kier molecular flexibility index (Phi) is 4.58. The number of thioether (sulfide) groups is 1. The standard InChI is InChI=1S/C17H22N2S/c1-2-8-19-17(14-7-9-20-12-14)16-11-18-10-13-5-3-4-6-15(13)16/h3-6,10-11,14,17,19H,2,7-9,12H2,1H3. The summed E-state index contributed by atoms with van der Waals surface area (Å²) >= 11 is 2.08. The van der Waals surface area contributed by atoms with Gasteiger partial charge < -0.3 is 5.32 Å². The van der Waals surface area contributed by atoms with Crippen molar-refractivity contribution < 1.29 is 0 Å². The fourth-order valence-corrected chi connectivity index (χ4v) is 4.33. The van der Waals surface area contributed by atoms with E-state index in [-0.39, 0.29) is 0 Å². The molecule has 1 aromatic heterocycles. The molecule has 0 aliphatic carbocycles. The molecule has 20 heavy (non-hydrogen) atoms. The third-order valence-corrected chi connectivity index (χ3v) is 5.27. The fourth-order valence-electron chi connectivity index (χ4n) is 3.03. The second kappa shape index (κ2) is 6.59. The highest BCUT2D eigenvalue weighted by Crippen LogP contribution is 2.36. The molecule has 3 rings (SSSR count). The summed E-state index contributed by atoms with van der Waals surface area (Å²) < 4.78 is 0. The van der Waals surface area contributed by atoms with Crippen LogP contribution in [0.25, 0.3) is 10.8 Å². The molecule has 1 N–H and O–H groups in total. The predicted octanol–water partition coefficient (Wildman–Crippen LogP) is 4.03. The normalized spacial score (nSPS) is 20.4. The van der Waals surface area contributed by atoms with Crippen LogP contribution in [0.3, 0.4) is 0 Å². The molecule has 0 saturated carbocycles. The van der Waals surface area contributed by atoms with Crippen molar-refractivity contribution in [3.8, 4) is 0 Å². The average molecular weight is 286 g/mol. The Balaban J connectivity index is 1.99. The first-order valence-electron chi connectivity index (χ1n) is 7.54.